The van der Waals surface area contributed by atoms with Gasteiger partial charge in [-0.15, -0.1) is 0 Å². The molecule has 0 aromatic heterocycles. The fraction of sp³-hybridized carbons (Fsp3) is 0.952. The van der Waals surface area contributed by atoms with Gasteiger partial charge in [-0.05, 0) is 12.8 Å². The lowest BCUT2D eigenvalue weighted by Gasteiger charge is -2.05. The average Bonchev–Trinajstić information content (AvgIpc) is 2.57. The van der Waals surface area contributed by atoms with Crippen LogP contribution in [0, 0.1) is 5.92 Å². The Labute approximate surface area is 151 Å². The predicted octanol–water partition coefficient (Wildman–Crippen LogP) is 6.58. The molecule has 0 radical (unpaired) electrons. The molecule has 1 atom stereocenters. The molecule has 146 valence electrons. The number of hydrogen-bond donors (Lipinski definition) is 2. The molecule has 0 heterocycles. The molecule has 0 aromatic carbocycles. The van der Waals surface area contributed by atoms with Crippen LogP contribution in [0.15, 0.2) is 0 Å². The number of aliphatic hydroxyl groups is 1. The zero-order chi connectivity index (χ0) is 18.5. The SMILES string of the molecule is CCCCCCCCCCC(C)C(=O)O.CCCCCCCCO. The molecule has 0 aliphatic heterocycles. The molecule has 0 saturated carbocycles. The molecule has 3 nitrogen and oxygen atoms in total. The Balaban J connectivity index is 0. The van der Waals surface area contributed by atoms with Gasteiger partial charge in [0.2, 0.25) is 0 Å². The third-order valence-corrected chi connectivity index (χ3v) is 4.42. The fourth-order valence-corrected chi connectivity index (χ4v) is 2.60. The minimum Gasteiger partial charge on any atom is -0.481 e. The van der Waals surface area contributed by atoms with Gasteiger partial charge in [-0.3, -0.25) is 4.79 Å². The van der Waals surface area contributed by atoms with Gasteiger partial charge in [0.1, 0.15) is 0 Å². The van der Waals surface area contributed by atoms with Gasteiger partial charge in [0, 0.05) is 6.61 Å². The summed E-state index contributed by atoms with van der Waals surface area (Å²) in [5.41, 5.74) is 0. The van der Waals surface area contributed by atoms with E-state index in [1.165, 1.54) is 77.0 Å². The van der Waals surface area contributed by atoms with Gasteiger partial charge in [-0.1, -0.05) is 104 Å². The molecule has 0 aliphatic carbocycles. The average molecular weight is 345 g/mol. The highest BCUT2D eigenvalue weighted by atomic mass is 16.4. The first-order valence-electron chi connectivity index (χ1n) is 10.4. The zero-order valence-electron chi connectivity index (χ0n) is 16.7. The topological polar surface area (TPSA) is 57.5 Å². The van der Waals surface area contributed by atoms with Crippen LogP contribution in [0.5, 0.6) is 0 Å². The molecular formula is C21H44O3. The minimum absolute atomic E-state index is 0.162. The Morgan fingerprint density at radius 1 is 0.708 bits per heavy atom. The molecule has 1 unspecified atom stereocenters. The normalized spacial score (nSPS) is 11.7. The summed E-state index contributed by atoms with van der Waals surface area (Å²) < 4.78 is 0. The highest BCUT2D eigenvalue weighted by molar-refractivity contribution is 5.69. The second kappa shape index (κ2) is 22.4. The standard InChI is InChI=1S/C13H26O2.C8H18O/c1-3-4-5-6-7-8-9-10-11-12(2)13(14)15;1-2-3-4-5-6-7-8-9/h12H,3-11H2,1-2H3,(H,14,15);9H,2-8H2,1H3. The van der Waals surface area contributed by atoms with E-state index < -0.39 is 5.97 Å². The third kappa shape index (κ3) is 23.7. The van der Waals surface area contributed by atoms with Gasteiger partial charge >= 0.3 is 5.97 Å². The molecule has 0 amide bonds. The molecule has 3 heteroatoms. The molecule has 0 rings (SSSR count). The molecule has 2 N–H and O–H groups in total. The number of aliphatic hydroxyl groups excluding tert-OH is 1. The van der Waals surface area contributed by atoms with Crippen LogP contribution in [0.2, 0.25) is 0 Å². The summed E-state index contributed by atoms with van der Waals surface area (Å²) in [6.45, 7) is 6.61. The summed E-state index contributed by atoms with van der Waals surface area (Å²) in [7, 11) is 0. The van der Waals surface area contributed by atoms with Crippen LogP contribution in [-0.2, 0) is 4.79 Å². The highest BCUT2D eigenvalue weighted by Crippen LogP contribution is 2.13. The van der Waals surface area contributed by atoms with E-state index >= 15 is 0 Å². The monoisotopic (exact) mass is 344 g/mol. The Morgan fingerprint density at radius 2 is 1.08 bits per heavy atom. The quantitative estimate of drug-likeness (QED) is 0.311. The first-order valence-corrected chi connectivity index (χ1v) is 10.4. The van der Waals surface area contributed by atoms with Crippen molar-refractivity contribution in [3.05, 3.63) is 0 Å². The van der Waals surface area contributed by atoms with E-state index in [-0.39, 0.29) is 5.92 Å². The van der Waals surface area contributed by atoms with Crippen LogP contribution in [0.3, 0.4) is 0 Å². The summed E-state index contributed by atoms with van der Waals surface area (Å²) >= 11 is 0. The zero-order valence-corrected chi connectivity index (χ0v) is 16.7. The maximum absolute atomic E-state index is 10.5. The molecular weight excluding hydrogens is 300 g/mol. The van der Waals surface area contributed by atoms with Crippen molar-refractivity contribution in [3.8, 4) is 0 Å². The Hall–Kier alpha value is -0.570. The van der Waals surface area contributed by atoms with Crippen molar-refractivity contribution in [2.24, 2.45) is 5.92 Å². The van der Waals surface area contributed by atoms with Crippen molar-refractivity contribution in [3.63, 3.8) is 0 Å². The number of aliphatic carboxylic acids is 1. The van der Waals surface area contributed by atoms with Gasteiger partial charge < -0.3 is 10.2 Å². The lowest BCUT2D eigenvalue weighted by molar-refractivity contribution is -0.141. The molecule has 0 spiro atoms. The van der Waals surface area contributed by atoms with Crippen molar-refractivity contribution in [1.82, 2.24) is 0 Å². The summed E-state index contributed by atoms with van der Waals surface area (Å²) in [6, 6.07) is 0. The fourth-order valence-electron chi connectivity index (χ4n) is 2.60. The van der Waals surface area contributed by atoms with Crippen molar-refractivity contribution >= 4 is 5.97 Å². The van der Waals surface area contributed by atoms with E-state index in [0.29, 0.717) is 6.61 Å². The lowest BCUT2D eigenvalue weighted by atomic mass is 10.0. The number of carboxylic acids is 1. The smallest absolute Gasteiger partial charge is 0.306 e. The van der Waals surface area contributed by atoms with Crippen LogP contribution < -0.4 is 0 Å². The van der Waals surface area contributed by atoms with Gasteiger partial charge in [0.15, 0.2) is 0 Å². The summed E-state index contributed by atoms with van der Waals surface area (Å²) in [5.74, 6) is -0.817. The maximum atomic E-state index is 10.5. The van der Waals surface area contributed by atoms with E-state index in [9.17, 15) is 4.79 Å². The van der Waals surface area contributed by atoms with Crippen LogP contribution in [0.1, 0.15) is 117 Å². The molecule has 0 aromatic rings. The Kier molecular flexibility index (Phi) is 24.0. The van der Waals surface area contributed by atoms with Crippen LogP contribution in [0.25, 0.3) is 0 Å². The number of unbranched alkanes of at least 4 members (excludes halogenated alkanes) is 12. The van der Waals surface area contributed by atoms with Gasteiger partial charge in [-0.25, -0.2) is 0 Å². The number of carbonyl (C=O) groups is 1. The Bertz CT molecular complexity index is 235. The van der Waals surface area contributed by atoms with Crippen molar-refractivity contribution < 1.29 is 15.0 Å². The second-order valence-electron chi connectivity index (χ2n) is 6.99. The van der Waals surface area contributed by atoms with Gasteiger partial charge in [-0.2, -0.15) is 0 Å². The number of hydrogen-bond acceptors (Lipinski definition) is 2. The van der Waals surface area contributed by atoms with Gasteiger partial charge in [0.25, 0.3) is 0 Å². The van der Waals surface area contributed by atoms with Crippen molar-refractivity contribution in [1.29, 1.82) is 0 Å². The molecule has 0 saturated heterocycles. The second-order valence-corrected chi connectivity index (χ2v) is 6.99. The maximum Gasteiger partial charge on any atom is 0.306 e. The Morgan fingerprint density at radius 3 is 1.46 bits per heavy atom. The summed E-state index contributed by atoms with van der Waals surface area (Å²) in [6.07, 6.45) is 18.6. The number of carboxylic acid groups (broad SMARTS) is 1. The van der Waals surface area contributed by atoms with Crippen molar-refractivity contribution in [2.75, 3.05) is 6.61 Å². The molecule has 0 aliphatic rings. The van der Waals surface area contributed by atoms with Crippen LogP contribution in [0.4, 0.5) is 0 Å². The highest BCUT2D eigenvalue weighted by Gasteiger charge is 2.09. The first-order chi connectivity index (χ1) is 11.6. The minimum atomic E-state index is -0.655. The van der Waals surface area contributed by atoms with E-state index in [1.54, 1.807) is 6.92 Å². The van der Waals surface area contributed by atoms with Crippen LogP contribution >= 0.6 is 0 Å². The molecule has 24 heavy (non-hydrogen) atoms. The summed E-state index contributed by atoms with van der Waals surface area (Å²) in [5, 5.41) is 17.1. The first kappa shape index (κ1) is 25.7. The lowest BCUT2D eigenvalue weighted by Crippen LogP contribution is -2.08. The van der Waals surface area contributed by atoms with Gasteiger partial charge in [0.05, 0.1) is 5.92 Å². The van der Waals surface area contributed by atoms with E-state index in [1.807, 2.05) is 0 Å². The molecule has 0 bridgehead atoms. The van der Waals surface area contributed by atoms with Crippen LogP contribution in [-0.4, -0.2) is 22.8 Å². The molecule has 0 fully saturated rings. The predicted molar refractivity (Wildman–Crippen MR) is 104 cm³/mol. The van der Waals surface area contributed by atoms with E-state index in [0.717, 1.165) is 19.3 Å². The largest absolute Gasteiger partial charge is 0.481 e. The number of rotatable bonds is 16. The van der Waals surface area contributed by atoms with E-state index in [2.05, 4.69) is 13.8 Å². The van der Waals surface area contributed by atoms with E-state index in [4.69, 9.17) is 10.2 Å². The summed E-state index contributed by atoms with van der Waals surface area (Å²) in [4.78, 5) is 10.5. The third-order valence-electron chi connectivity index (χ3n) is 4.42. The van der Waals surface area contributed by atoms with Crippen molar-refractivity contribution in [2.45, 2.75) is 117 Å².